The Morgan fingerprint density at radius 3 is 2.87 bits per heavy atom. The summed E-state index contributed by atoms with van der Waals surface area (Å²) < 4.78 is 6.15. The fraction of sp³-hybridized carbons (Fsp3) is 0.600. The number of piperidine rings is 1. The summed E-state index contributed by atoms with van der Waals surface area (Å²) in [6.45, 7) is 4.28. The molecule has 0 aromatic carbocycles. The van der Waals surface area contributed by atoms with Gasteiger partial charge in [0.05, 0.1) is 10.4 Å². The van der Waals surface area contributed by atoms with E-state index in [2.05, 4.69) is 32.3 Å². The molecule has 23 heavy (non-hydrogen) atoms. The van der Waals surface area contributed by atoms with Crippen molar-refractivity contribution in [1.82, 2.24) is 10.2 Å². The molecule has 0 atom stereocenters. The summed E-state index contributed by atoms with van der Waals surface area (Å²) in [5.41, 5.74) is 5.94. The topological polar surface area (TPSA) is 80.0 Å². The van der Waals surface area contributed by atoms with Gasteiger partial charge in [0.1, 0.15) is 0 Å². The summed E-state index contributed by atoms with van der Waals surface area (Å²) in [6.07, 6.45) is 2.37. The number of carbonyl (C=O) groups is 1. The van der Waals surface area contributed by atoms with E-state index in [-0.39, 0.29) is 12.1 Å². The van der Waals surface area contributed by atoms with E-state index in [1.165, 1.54) is 4.88 Å². The van der Waals surface area contributed by atoms with Crippen LogP contribution >= 0.6 is 27.3 Å². The third kappa shape index (κ3) is 6.02. The zero-order valence-corrected chi connectivity index (χ0v) is 15.7. The van der Waals surface area contributed by atoms with Crippen LogP contribution in [0.5, 0.6) is 0 Å². The van der Waals surface area contributed by atoms with Crippen LogP contribution in [0.15, 0.2) is 20.9 Å². The van der Waals surface area contributed by atoms with E-state index >= 15 is 0 Å². The number of aliphatic imine (C=N–C) groups is 1. The predicted molar refractivity (Wildman–Crippen MR) is 97.0 cm³/mol. The fourth-order valence-electron chi connectivity index (χ4n) is 2.45. The molecular weight excluding hydrogens is 380 g/mol. The summed E-state index contributed by atoms with van der Waals surface area (Å²) in [5.74, 6) is 0.482. The van der Waals surface area contributed by atoms with Crippen LogP contribution in [0, 0.1) is 0 Å². The number of guanidine groups is 1. The van der Waals surface area contributed by atoms with Gasteiger partial charge in [-0.1, -0.05) is 0 Å². The molecule has 8 heteroatoms. The van der Waals surface area contributed by atoms with Crippen LogP contribution in [0.25, 0.3) is 0 Å². The van der Waals surface area contributed by atoms with Gasteiger partial charge in [-0.05, 0) is 47.8 Å². The first-order chi connectivity index (χ1) is 11.1. The molecule has 1 aliphatic rings. The number of halogens is 1. The molecule has 6 nitrogen and oxygen atoms in total. The van der Waals surface area contributed by atoms with E-state index in [1.54, 1.807) is 16.2 Å². The molecule has 1 saturated heterocycles. The largest absolute Gasteiger partial charge is 0.450 e. The Balaban J connectivity index is 1.68. The Bertz CT molecular complexity index is 541. The first-order valence-corrected chi connectivity index (χ1v) is 9.41. The lowest BCUT2D eigenvalue weighted by Crippen LogP contribution is -2.48. The second kappa shape index (κ2) is 9.12. The van der Waals surface area contributed by atoms with Gasteiger partial charge in [-0.25, -0.2) is 4.79 Å². The predicted octanol–water partition coefficient (Wildman–Crippen LogP) is 2.58. The van der Waals surface area contributed by atoms with Gasteiger partial charge in [-0.3, -0.25) is 4.99 Å². The van der Waals surface area contributed by atoms with Crippen molar-refractivity contribution in [3.63, 3.8) is 0 Å². The summed E-state index contributed by atoms with van der Waals surface area (Å²) >= 11 is 5.17. The number of likely N-dealkylation sites (tertiary alicyclic amines) is 1. The lowest BCUT2D eigenvalue weighted by Gasteiger charge is -2.31. The molecule has 1 aromatic heterocycles. The molecule has 1 amide bonds. The van der Waals surface area contributed by atoms with Crippen molar-refractivity contribution in [3.8, 4) is 0 Å². The van der Waals surface area contributed by atoms with Gasteiger partial charge < -0.3 is 20.7 Å². The van der Waals surface area contributed by atoms with E-state index in [4.69, 9.17) is 10.5 Å². The van der Waals surface area contributed by atoms with Crippen molar-refractivity contribution in [2.24, 2.45) is 10.7 Å². The highest BCUT2D eigenvalue weighted by Crippen LogP contribution is 2.22. The lowest BCUT2D eigenvalue weighted by atomic mass is 10.1. The zero-order chi connectivity index (χ0) is 16.7. The first kappa shape index (κ1) is 18.1. The maximum Gasteiger partial charge on any atom is 0.409 e. The van der Waals surface area contributed by atoms with Gasteiger partial charge in [0.25, 0.3) is 0 Å². The minimum Gasteiger partial charge on any atom is -0.450 e. The minimum absolute atomic E-state index is 0.227. The number of nitrogens with one attached hydrogen (secondary N) is 1. The molecule has 1 aliphatic heterocycles. The first-order valence-electron chi connectivity index (χ1n) is 7.81. The molecule has 1 aromatic rings. The average molecular weight is 403 g/mol. The van der Waals surface area contributed by atoms with E-state index in [1.807, 2.05) is 13.0 Å². The van der Waals surface area contributed by atoms with E-state index in [9.17, 15) is 4.79 Å². The Hall–Kier alpha value is -1.28. The highest BCUT2D eigenvalue weighted by atomic mass is 79.9. The van der Waals surface area contributed by atoms with Gasteiger partial charge in [0, 0.05) is 37.0 Å². The zero-order valence-electron chi connectivity index (χ0n) is 13.3. The lowest BCUT2D eigenvalue weighted by molar-refractivity contribution is 0.0963. The summed E-state index contributed by atoms with van der Waals surface area (Å²) in [4.78, 5) is 19.0. The number of nitrogens with two attached hydrogens (primary N) is 1. The normalized spacial score (nSPS) is 16.4. The maximum absolute atomic E-state index is 11.6. The number of amides is 1. The van der Waals surface area contributed by atoms with E-state index < -0.39 is 0 Å². The number of carbonyl (C=O) groups excluding carboxylic acids is 1. The van der Waals surface area contributed by atoms with Gasteiger partial charge in [0.2, 0.25) is 0 Å². The molecule has 0 saturated carbocycles. The Morgan fingerprint density at radius 1 is 1.52 bits per heavy atom. The van der Waals surface area contributed by atoms with Crippen molar-refractivity contribution in [2.45, 2.75) is 32.2 Å². The molecule has 1 fully saturated rings. The van der Waals surface area contributed by atoms with Gasteiger partial charge in [-0.2, -0.15) is 0 Å². The SMILES string of the molecule is CCOC(=O)N1CCC(NC(N)=NCCc2ccc(Br)s2)CC1. The number of nitrogens with zero attached hydrogens (tertiary/aromatic N) is 2. The third-order valence-electron chi connectivity index (χ3n) is 3.64. The Morgan fingerprint density at radius 2 is 2.26 bits per heavy atom. The van der Waals surface area contributed by atoms with Crippen LogP contribution in [0.4, 0.5) is 4.79 Å². The van der Waals surface area contributed by atoms with Gasteiger partial charge in [-0.15, -0.1) is 11.3 Å². The summed E-state index contributed by atoms with van der Waals surface area (Å²) in [5, 5.41) is 3.24. The average Bonchev–Trinajstić information content (AvgIpc) is 2.93. The van der Waals surface area contributed by atoms with Crippen molar-refractivity contribution < 1.29 is 9.53 Å². The highest BCUT2D eigenvalue weighted by Gasteiger charge is 2.23. The molecular formula is C15H23BrN4O2S. The molecule has 0 radical (unpaired) electrons. The number of hydrogen-bond acceptors (Lipinski definition) is 4. The molecule has 2 heterocycles. The molecule has 3 N–H and O–H groups in total. The van der Waals surface area contributed by atoms with E-state index in [0.717, 1.165) is 23.0 Å². The number of hydrogen-bond donors (Lipinski definition) is 2. The molecule has 0 bridgehead atoms. The number of thiophene rings is 1. The third-order valence-corrected chi connectivity index (χ3v) is 5.33. The second-order valence-corrected chi connectivity index (χ2v) is 7.87. The quantitative estimate of drug-likeness (QED) is 0.585. The molecule has 0 spiro atoms. The fourth-order valence-corrected chi connectivity index (χ4v) is 3.92. The number of rotatable bonds is 5. The summed E-state index contributed by atoms with van der Waals surface area (Å²) in [6, 6.07) is 4.40. The summed E-state index contributed by atoms with van der Waals surface area (Å²) in [7, 11) is 0. The van der Waals surface area contributed by atoms with Crippen molar-refractivity contribution in [2.75, 3.05) is 26.2 Å². The van der Waals surface area contributed by atoms with Crippen molar-refractivity contribution in [1.29, 1.82) is 0 Å². The Labute approximate surface area is 149 Å². The van der Waals surface area contributed by atoms with Crippen LogP contribution < -0.4 is 11.1 Å². The molecule has 128 valence electrons. The van der Waals surface area contributed by atoms with Crippen LogP contribution in [-0.4, -0.2) is 49.2 Å². The van der Waals surface area contributed by atoms with Crippen molar-refractivity contribution in [3.05, 3.63) is 20.8 Å². The van der Waals surface area contributed by atoms with Crippen LogP contribution in [-0.2, 0) is 11.2 Å². The van der Waals surface area contributed by atoms with Crippen molar-refractivity contribution >= 4 is 39.3 Å². The van der Waals surface area contributed by atoms with Crippen LogP contribution in [0.2, 0.25) is 0 Å². The molecule has 0 unspecified atom stereocenters. The maximum atomic E-state index is 11.6. The number of ether oxygens (including phenoxy) is 1. The smallest absolute Gasteiger partial charge is 0.409 e. The Kier molecular flexibility index (Phi) is 7.16. The second-order valence-electron chi connectivity index (χ2n) is 5.33. The monoisotopic (exact) mass is 402 g/mol. The van der Waals surface area contributed by atoms with Gasteiger partial charge >= 0.3 is 6.09 Å². The van der Waals surface area contributed by atoms with Gasteiger partial charge in [0.15, 0.2) is 5.96 Å². The molecule has 0 aliphatic carbocycles. The molecule has 2 rings (SSSR count). The van der Waals surface area contributed by atoms with E-state index in [0.29, 0.717) is 32.2 Å². The standard InChI is InChI=1S/C15H23BrN4O2S/c1-2-22-15(21)20-9-6-11(7-10-20)19-14(17)18-8-5-12-3-4-13(16)23-12/h3-4,11H,2,5-10H2,1H3,(H3,17,18,19). The van der Waals surface area contributed by atoms with Crippen LogP contribution in [0.3, 0.4) is 0 Å². The highest BCUT2D eigenvalue weighted by molar-refractivity contribution is 9.11. The van der Waals surface area contributed by atoms with Crippen LogP contribution in [0.1, 0.15) is 24.6 Å². The minimum atomic E-state index is -0.227.